The monoisotopic (exact) mass is 290 g/mol. The van der Waals surface area contributed by atoms with E-state index >= 15 is 0 Å². The topological polar surface area (TPSA) is 48.5 Å². The third-order valence-electron chi connectivity index (χ3n) is 4.05. The lowest BCUT2D eigenvalue weighted by molar-refractivity contribution is 0.0948. The van der Waals surface area contributed by atoms with Crippen molar-refractivity contribution in [1.29, 1.82) is 0 Å². The molecule has 0 radical (unpaired) electrons. The second-order valence-corrected chi connectivity index (χ2v) is 5.38. The summed E-state index contributed by atoms with van der Waals surface area (Å²) in [5, 5.41) is 2.95. The fourth-order valence-corrected chi connectivity index (χ4v) is 2.62. The molecule has 1 N–H and O–H groups in total. The van der Waals surface area contributed by atoms with Crippen LogP contribution in [0.2, 0.25) is 0 Å². The van der Waals surface area contributed by atoms with Gasteiger partial charge in [0.25, 0.3) is 5.91 Å². The quantitative estimate of drug-likeness (QED) is 0.831. The molecule has 0 atom stereocenters. The van der Waals surface area contributed by atoms with Crippen molar-refractivity contribution in [3.05, 3.63) is 23.9 Å². The molecule has 0 unspecified atom stereocenters. The summed E-state index contributed by atoms with van der Waals surface area (Å²) in [4.78, 5) is 21.0. The maximum Gasteiger partial charge on any atom is 0.252 e. The molecule has 1 saturated heterocycles. The van der Waals surface area contributed by atoms with E-state index in [-0.39, 0.29) is 5.91 Å². The SMILES string of the molecule is CCN(CC)CCNC(=O)c1ccc(N2CCCC2)nc1. The Morgan fingerprint density at radius 1 is 1.29 bits per heavy atom. The Morgan fingerprint density at radius 3 is 2.57 bits per heavy atom. The second-order valence-electron chi connectivity index (χ2n) is 5.38. The van der Waals surface area contributed by atoms with E-state index in [4.69, 9.17) is 0 Å². The number of aromatic nitrogens is 1. The molecular weight excluding hydrogens is 264 g/mol. The zero-order chi connectivity index (χ0) is 15.1. The third-order valence-corrected chi connectivity index (χ3v) is 4.05. The molecule has 5 nitrogen and oxygen atoms in total. The van der Waals surface area contributed by atoms with Gasteiger partial charge in [0.1, 0.15) is 5.82 Å². The van der Waals surface area contributed by atoms with Crippen LogP contribution >= 0.6 is 0 Å². The number of hydrogen-bond donors (Lipinski definition) is 1. The third kappa shape index (κ3) is 4.43. The van der Waals surface area contributed by atoms with Gasteiger partial charge in [-0.05, 0) is 38.1 Å². The number of hydrogen-bond acceptors (Lipinski definition) is 4. The summed E-state index contributed by atoms with van der Waals surface area (Å²) < 4.78 is 0. The number of rotatable bonds is 7. The van der Waals surface area contributed by atoms with Crippen LogP contribution in [0.3, 0.4) is 0 Å². The van der Waals surface area contributed by atoms with E-state index in [2.05, 4.69) is 33.9 Å². The largest absolute Gasteiger partial charge is 0.357 e. The van der Waals surface area contributed by atoms with Crippen LogP contribution in [0.25, 0.3) is 0 Å². The average molecular weight is 290 g/mol. The standard InChI is InChI=1S/C16H26N4O/c1-3-19(4-2)12-9-17-16(21)14-7-8-15(18-13-14)20-10-5-6-11-20/h7-8,13H,3-6,9-12H2,1-2H3,(H,17,21). The second kappa shape index (κ2) is 7.98. The van der Waals surface area contributed by atoms with Crippen LogP contribution < -0.4 is 10.2 Å². The number of carbonyl (C=O) groups excluding carboxylic acids is 1. The molecule has 0 spiro atoms. The van der Waals surface area contributed by atoms with E-state index in [1.807, 2.05) is 12.1 Å². The molecule has 2 rings (SSSR count). The molecule has 1 aliphatic heterocycles. The summed E-state index contributed by atoms with van der Waals surface area (Å²) in [7, 11) is 0. The number of nitrogens with one attached hydrogen (secondary N) is 1. The summed E-state index contributed by atoms with van der Waals surface area (Å²) in [6, 6.07) is 3.82. The van der Waals surface area contributed by atoms with E-state index in [1.165, 1.54) is 12.8 Å². The molecule has 1 aliphatic rings. The van der Waals surface area contributed by atoms with Crippen molar-refractivity contribution in [3.8, 4) is 0 Å². The van der Waals surface area contributed by atoms with E-state index < -0.39 is 0 Å². The number of anilines is 1. The average Bonchev–Trinajstić information content (AvgIpc) is 3.06. The van der Waals surface area contributed by atoms with Gasteiger partial charge in [-0.25, -0.2) is 4.98 Å². The Labute approximate surface area is 127 Å². The first-order valence-corrected chi connectivity index (χ1v) is 7.96. The van der Waals surface area contributed by atoms with Gasteiger partial charge in [0, 0.05) is 32.4 Å². The van der Waals surface area contributed by atoms with Crippen LogP contribution in [0.4, 0.5) is 5.82 Å². The summed E-state index contributed by atoms with van der Waals surface area (Å²) in [5.41, 5.74) is 0.637. The minimum atomic E-state index is -0.0392. The molecule has 2 heterocycles. The number of carbonyl (C=O) groups is 1. The van der Waals surface area contributed by atoms with Crippen molar-refractivity contribution >= 4 is 11.7 Å². The zero-order valence-corrected chi connectivity index (χ0v) is 13.1. The first kappa shape index (κ1) is 15.8. The van der Waals surface area contributed by atoms with Crippen LogP contribution in [0.1, 0.15) is 37.0 Å². The molecule has 1 aromatic heterocycles. The fourth-order valence-electron chi connectivity index (χ4n) is 2.62. The van der Waals surface area contributed by atoms with E-state index in [9.17, 15) is 4.79 Å². The predicted octanol–water partition coefficient (Wildman–Crippen LogP) is 1.75. The summed E-state index contributed by atoms with van der Waals surface area (Å²) >= 11 is 0. The summed E-state index contributed by atoms with van der Waals surface area (Å²) in [6.45, 7) is 9.99. The van der Waals surface area contributed by atoms with Gasteiger partial charge in [-0.3, -0.25) is 4.79 Å². The molecule has 1 amide bonds. The zero-order valence-electron chi connectivity index (χ0n) is 13.1. The molecule has 5 heteroatoms. The molecular formula is C16H26N4O. The maximum atomic E-state index is 12.1. The molecule has 1 aromatic rings. The fraction of sp³-hybridized carbons (Fsp3) is 0.625. The maximum absolute atomic E-state index is 12.1. The van der Waals surface area contributed by atoms with E-state index in [0.717, 1.165) is 38.5 Å². The Bertz CT molecular complexity index is 436. The summed E-state index contributed by atoms with van der Waals surface area (Å²) in [5.74, 6) is 0.940. The highest BCUT2D eigenvalue weighted by atomic mass is 16.1. The molecule has 116 valence electrons. The molecule has 21 heavy (non-hydrogen) atoms. The minimum Gasteiger partial charge on any atom is -0.357 e. The molecule has 1 fully saturated rings. The molecule has 0 bridgehead atoms. The highest BCUT2D eigenvalue weighted by Crippen LogP contribution is 2.17. The van der Waals surface area contributed by atoms with Crippen molar-refractivity contribution in [2.45, 2.75) is 26.7 Å². The lowest BCUT2D eigenvalue weighted by Crippen LogP contribution is -2.34. The first-order chi connectivity index (χ1) is 10.2. The van der Waals surface area contributed by atoms with Gasteiger partial charge in [-0.15, -0.1) is 0 Å². The van der Waals surface area contributed by atoms with Crippen LogP contribution in [0.15, 0.2) is 18.3 Å². The Balaban J connectivity index is 1.82. The van der Waals surface area contributed by atoms with Crippen molar-refractivity contribution in [1.82, 2.24) is 15.2 Å². The molecule has 0 aliphatic carbocycles. The molecule has 0 saturated carbocycles. The smallest absolute Gasteiger partial charge is 0.252 e. The minimum absolute atomic E-state index is 0.0392. The van der Waals surface area contributed by atoms with Crippen molar-refractivity contribution in [2.24, 2.45) is 0 Å². The molecule has 0 aromatic carbocycles. The van der Waals surface area contributed by atoms with Gasteiger partial charge in [0.15, 0.2) is 0 Å². The lowest BCUT2D eigenvalue weighted by atomic mass is 10.2. The van der Waals surface area contributed by atoms with Crippen LogP contribution in [-0.4, -0.2) is 55.1 Å². The van der Waals surface area contributed by atoms with Crippen LogP contribution in [0, 0.1) is 0 Å². The lowest BCUT2D eigenvalue weighted by Gasteiger charge is -2.18. The number of amides is 1. The Kier molecular flexibility index (Phi) is 5.99. The number of pyridine rings is 1. The van der Waals surface area contributed by atoms with Crippen LogP contribution in [0.5, 0.6) is 0 Å². The Morgan fingerprint density at radius 2 is 2.00 bits per heavy atom. The van der Waals surface area contributed by atoms with Gasteiger partial charge in [0.2, 0.25) is 0 Å². The van der Waals surface area contributed by atoms with Crippen molar-refractivity contribution in [2.75, 3.05) is 44.2 Å². The van der Waals surface area contributed by atoms with Crippen molar-refractivity contribution in [3.63, 3.8) is 0 Å². The number of likely N-dealkylation sites (N-methyl/N-ethyl adjacent to an activating group) is 1. The first-order valence-electron chi connectivity index (χ1n) is 7.96. The van der Waals surface area contributed by atoms with Crippen LogP contribution in [-0.2, 0) is 0 Å². The van der Waals surface area contributed by atoms with E-state index in [0.29, 0.717) is 12.1 Å². The number of nitrogens with zero attached hydrogens (tertiary/aromatic N) is 3. The highest BCUT2D eigenvalue weighted by Gasteiger charge is 2.14. The van der Waals surface area contributed by atoms with Gasteiger partial charge in [-0.1, -0.05) is 13.8 Å². The van der Waals surface area contributed by atoms with Gasteiger partial charge < -0.3 is 15.1 Å². The predicted molar refractivity (Wildman–Crippen MR) is 85.8 cm³/mol. The highest BCUT2D eigenvalue weighted by molar-refractivity contribution is 5.94. The summed E-state index contributed by atoms with van der Waals surface area (Å²) in [6.07, 6.45) is 4.14. The van der Waals surface area contributed by atoms with Gasteiger partial charge in [-0.2, -0.15) is 0 Å². The normalized spacial score (nSPS) is 14.7. The Hall–Kier alpha value is -1.62. The van der Waals surface area contributed by atoms with Gasteiger partial charge >= 0.3 is 0 Å². The van der Waals surface area contributed by atoms with E-state index in [1.54, 1.807) is 6.20 Å². The van der Waals surface area contributed by atoms with Crippen molar-refractivity contribution < 1.29 is 4.79 Å². The van der Waals surface area contributed by atoms with Gasteiger partial charge in [0.05, 0.1) is 5.56 Å².